The lowest BCUT2D eigenvalue weighted by molar-refractivity contribution is 0.0940. The van der Waals surface area contributed by atoms with E-state index in [1.165, 1.54) is 11.1 Å². The molecule has 3 rings (SSSR count). The molecule has 0 unspecified atom stereocenters. The third-order valence-electron chi connectivity index (χ3n) is 5.26. The number of aryl methyl sites for hydroxylation is 1. The Hall–Kier alpha value is -2.21. The number of aromatic nitrogens is 3. The van der Waals surface area contributed by atoms with Crippen LogP contribution in [0.3, 0.4) is 0 Å². The van der Waals surface area contributed by atoms with Crippen LogP contribution in [0.15, 0.2) is 30.5 Å². The number of hydrogen-bond acceptors (Lipinski definition) is 4. The Kier molecular flexibility index (Phi) is 5.71. The van der Waals surface area contributed by atoms with E-state index in [0.717, 1.165) is 32.4 Å². The highest BCUT2D eigenvalue weighted by Crippen LogP contribution is 2.23. The number of hydrogen-bond donors (Lipinski definition) is 2. The topological polar surface area (TPSA) is 71.8 Å². The van der Waals surface area contributed by atoms with Crippen molar-refractivity contribution in [1.29, 1.82) is 0 Å². The number of carbonyl (C=O) groups excluding carboxylic acids is 1. The maximum Gasteiger partial charge on any atom is 0.273 e. The van der Waals surface area contributed by atoms with Crippen molar-refractivity contribution in [2.24, 2.45) is 0 Å². The predicted octanol–water partition coefficient (Wildman–Crippen LogP) is 2.47. The molecule has 140 valence electrons. The number of piperidine rings is 1. The van der Waals surface area contributed by atoms with Gasteiger partial charge in [-0.25, -0.2) is 4.68 Å². The summed E-state index contributed by atoms with van der Waals surface area (Å²) in [6.07, 6.45) is 4.84. The quantitative estimate of drug-likeness (QED) is 0.835. The number of rotatable bonds is 6. The summed E-state index contributed by atoms with van der Waals surface area (Å²) in [5, 5.41) is 14.6. The number of carbonyl (C=O) groups is 1. The lowest BCUT2D eigenvalue weighted by Gasteiger charge is -2.25. The Morgan fingerprint density at radius 1 is 1.27 bits per heavy atom. The zero-order valence-electron chi connectivity index (χ0n) is 16.0. The first-order chi connectivity index (χ1) is 12.5. The average molecular weight is 355 g/mol. The minimum atomic E-state index is -0.163. The first-order valence-electron chi connectivity index (χ1n) is 9.50. The molecule has 1 aliphatic heterocycles. The molecule has 6 heteroatoms. The Morgan fingerprint density at radius 2 is 1.96 bits per heavy atom. The lowest BCUT2D eigenvalue weighted by Crippen LogP contribution is -2.36. The molecular weight excluding hydrogens is 326 g/mol. The van der Waals surface area contributed by atoms with Gasteiger partial charge < -0.3 is 10.6 Å². The molecule has 1 fully saturated rings. The van der Waals surface area contributed by atoms with Crippen LogP contribution in [0.2, 0.25) is 0 Å². The monoisotopic (exact) mass is 355 g/mol. The van der Waals surface area contributed by atoms with Crippen molar-refractivity contribution < 1.29 is 4.79 Å². The summed E-state index contributed by atoms with van der Waals surface area (Å²) in [6, 6.07) is 8.95. The van der Waals surface area contributed by atoms with Gasteiger partial charge in [0.25, 0.3) is 5.91 Å². The van der Waals surface area contributed by atoms with Gasteiger partial charge in [-0.15, -0.1) is 5.10 Å². The number of nitrogens with zero attached hydrogens (tertiary/aromatic N) is 3. The van der Waals surface area contributed by atoms with E-state index in [2.05, 4.69) is 66.0 Å². The first-order valence-corrected chi connectivity index (χ1v) is 9.50. The predicted molar refractivity (Wildman–Crippen MR) is 102 cm³/mol. The molecule has 0 radical (unpaired) electrons. The molecule has 1 aromatic heterocycles. The van der Waals surface area contributed by atoms with E-state index in [1.807, 2.05) is 4.68 Å². The fourth-order valence-corrected chi connectivity index (χ4v) is 3.32. The van der Waals surface area contributed by atoms with Crippen LogP contribution in [0.5, 0.6) is 0 Å². The summed E-state index contributed by atoms with van der Waals surface area (Å²) in [5.74, 6) is -0.163. The van der Waals surface area contributed by atoms with Crippen LogP contribution in [0.1, 0.15) is 61.3 Å². The maximum atomic E-state index is 12.5. The van der Waals surface area contributed by atoms with Crippen molar-refractivity contribution in [3.8, 4) is 0 Å². The number of nitrogens with one attached hydrogen (secondary N) is 2. The van der Waals surface area contributed by atoms with Gasteiger partial charge in [-0.3, -0.25) is 4.79 Å². The molecule has 2 aromatic rings. The second kappa shape index (κ2) is 7.99. The average Bonchev–Trinajstić information content (AvgIpc) is 3.17. The normalized spacial score (nSPS) is 15.8. The standard InChI is InChI=1S/C20H29N5O/c1-4-15-5-7-16(8-6-15)20(2,3)14-22-19(26)18-13-25(24-23-18)17-9-11-21-12-10-17/h5-8,13,17,21H,4,9-12,14H2,1-3H3,(H,22,26). The number of amides is 1. The van der Waals surface area contributed by atoms with E-state index >= 15 is 0 Å². The molecule has 0 aliphatic carbocycles. The van der Waals surface area contributed by atoms with Crippen LogP contribution in [0.25, 0.3) is 0 Å². The van der Waals surface area contributed by atoms with E-state index in [-0.39, 0.29) is 11.3 Å². The van der Waals surface area contributed by atoms with Crippen molar-refractivity contribution in [1.82, 2.24) is 25.6 Å². The second-order valence-corrected chi connectivity index (χ2v) is 7.68. The summed E-state index contributed by atoms with van der Waals surface area (Å²) in [5.41, 5.74) is 2.78. The summed E-state index contributed by atoms with van der Waals surface area (Å²) in [4.78, 5) is 12.5. The van der Waals surface area contributed by atoms with Crippen LogP contribution in [0.4, 0.5) is 0 Å². The maximum absolute atomic E-state index is 12.5. The molecule has 0 saturated carbocycles. The Bertz CT molecular complexity index is 729. The summed E-state index contributed by atoms with van der Waals surface area (Å²) in [7, 11) is 0. The SMILES string of the molecule is CCc1ccc(C(C)(C)CNC(=O)c2cn(C3CCNCC3)nn2)cc1. The van der Waals surface area contributed by atoms with Crippen molar-refractivity contribution in [2.75, 3.05) is 19.6 Å². The molecular formula is C20H29N5O. The molecule has 2 heterocycles. The fourth-order valence-electron chi connectivity index (χ4n) is 3.32. The van der Waals surface area contributed by atoms with E-state index in [1.54, 1.807) is 6.20 Å². The third-order valence-corrected chi connectivity index (χ3v) is 5.26. The van der Waals surface area contributed by atoms with Crippen LogP contribution in [-0.2, 0) is 11.8 Å². The lowest BCUT2D eigenvalue weighted by atomic mass is 9.84. The van der Waals surface area contributed by atoms with E-state index in [0.29, 0.717) is 18.3 Å². The van der Waals surface area contributed by atoms with Gasteiger partial charge in [0.2, 0.25) is 0 Å². The van der Waals surface area contributed by atoms with Crippen LogP contribution in [-0.4, -0.2) is 40.5 Å². The van der Waals surface area contributed by atoms with Gasteiger partial charge in [0.05, 0.1) is 12.2 Å². The zero-order chi connectivity index (χ0) is 18.6. The van der Waals surface area contributed by atoms with E-state index in [9.17, 15) is 4.79 Å². The summed E-state index contributed by atoms with van der Waals surface area (Å²) < 4.78 is 1.84. The first kappa shape index (κ1) is 18.6. The molecule has 1 saturated heterocycles. The molecule has 0 atom stereocenters. The molecule has 0 spiro atoms. The van der Waals surface area contributed by atoms with Gasteiger partial charge in [0.1, 0.15) is 0 Å². The highest BCUT2D eigenvalue weighted by molar-refractivity contribution is 5.91. The highest BCUT2D eigenvalue weighted by atomic mass is 16.2. The Balaban J connectivity index is 1.59. The van der Waals surface area contributed by atoms with Gasteiger partial charge in [-0.05, 0) is 43.5 Å². The molecule has 6 nitrogen and oxygen atoms in total. The van der Waals surface area contributed by atoms with E-state index < -0.39 is 0 Å². The highest BCUT2D eigenvalue weighted by Gasteiger charge is 2.23. The minimum absolute atomic E-state index is 0.146. The molecule has 2 N–H and O–H groups in total. The largest absolute Gasteiger partial charge is 0.350 e. The second-order valence-electron chi connectivity index (χ2n) is 7.68. The third kappa shape index (κ3) is 4.30. The van der Waals surface area contributed by atoms with Crippen LogP contribution >= 0.6 is 0 Å². The molecule has 1 aromatic carbocycles. The van der Waals surface area contributed by atoms with Crippen molar-refractivity contribution >= 4 is 5.91 Å². The fraction of sp³-hybridized carbons (Fsp3) is 0.550. The van der Waals surface area contributed by atoms with Gasteiger partial charge in [-0.1, -0.05) is 50.3 Å². The van der Waals surface area contributed by atoms with Crippen LogP contribution < -0.4 is 10.6 Å². The van der Waals surface area contributed by atoms with Gasteiger partial charge in [0.15, 0.2) is 5.69 Å². The summed E-state index contributed by atoms with van der Waals surface area (Å²) >= 11 is 0. The summed E-state index contributed by atoms with van der Waals surface area (Å²) in [6.45, 7) is 8.95. The van der Waals surface area contributed by atoms with Gasteiger partial charge in [-0.2, -0.15) is 0 Å². The van der Waals surface area contributed by atoms with Crippen molar-refractivity contribution in [2.45, 2.75) is 51.5 Å². The minimum Gasteiger partial charge on any atom is -0.350 e. The Morgan fingerprint density at radius 3 is 2.62 bits per heavy atom. The smallest absolute Gasteiger partial charge is 0.273 e. The van der Waals surface area contributed by atoms with Crippen molar-refractivity contribution in [3.05, 3.63) is 47.3 Å². The van der Waals surface area contributed by atoms with Crippen LogP contribution in [0, 0.1) is 0 Å². The zero-order valence-corrected chi connectivity index (χ0v) is 16.0. The molecule has 1 aliphatic rings. The molecule has 1 amide bonds. The Labute approximate surface area is 155 Å². The van der Waals surface area contributed by atoms with Gasteiger partial charge >= 0.3 is 0 Å². The number of benzene rings is 1. The molecule has 0 bridgehead atoms. The van der Waals surface area contributed by atoms with E-state index in [4.69, 9.17) is 0 Å². The van der Waals surface area contributed by atoms with Gasteiger partial charge in [0, 0.05) is 12.0 Å². The van der Waals surface area contributed by atoms with Crippen molar-refractivity contribution in [3.63, 3.8) is 0 Å². The molecule has 26 heavy (non-hydrogen) atoms.